The number of ketones is 1. The number of methoxy groups -OCH3 is 2. The van der Waals surface area contributed by atoms with E-state index in [0.717, 1.165) is 0 Å². The average molecular weight is 265 g/mol. The van der Waals surface area contributed by atoms with E-state index in [9.17, 15) is 9.59 Å². The SMILES string of the molecule is COc1ccc(C(=O)C(=O)NCC(C)C)cc1OC. The molecule has 0 aromatic heterocycles. The van der Waals surface area contributed by atoms with E-state index in [1.54, 1.807) is 12.1 Å². The van der Waals surface area contributed by atoms with Crippen molar-refractivity contribution in [3.8, 4) is 11.5 Å². The predicted octanol–water partition coefficient (Wildman–Crippen LogP) is 1.66. The molecule has 1 rings (SSSR count). The van der Waals surface area contributed by atoms with Gasteiger partial charge in [-0.05, 0) is 24.1 Å². The van der Waals surface area contributed by atoms with Crippen molar-refractivity contribution >= 4 is 11.7 Å². The molecule has 0 saturated heterocycles. The van der Waals surface area contributed by atoms with Gasteiger partial charge in [-0.2, -0.15) is 0 Å². The molecule has 1 aromatic carbocycles. The second kappa shape index (κ2) is 6.78. The molecule has 0 radical (unpaired) electrons. The highest BCUT2D eigenvalue weighted by Crippen LogP contribution is 2.27. The Bertz CT molecular complexity index is 469. The van der Waals surface area contributed by atoms with E-state index < -0.39 is 11.7 Å². The molecular weight excluding hydrogens is 246 g/mol. The van der Waals surface area contributed by atoms with Gasteiger partial charge in [0.2, 0.25) is 5.78 Å². The molecule has 0 aliphatic heterocycles. The first-order valence-corrected chi connectivity index (χ1v) is 6.04. The highest BCUT2D eigenvalue weighted by molar-refractivity contribution is 6.42. The molecule has 104 valence electrons. The number of carbonyl (C=O) groups is 2. The summed E-state index contributed by atoms with van der Waals surface area (Å²) in [6, 6.07) is 4.64. The van der Waals surface area contributed by atoms with Gasteiger partial charge in [-0.3, -0.25) is 9.59 Å². The highest BCUT2D eigenvalue weighted by Gasteiger charge is 2.18. The lowest BCUT2D eigenvalue weighted by molar-refractivity contribution is -0.117. The van der Waals surface area contributed by atoms with Crippen molar-refractivity contribution in [1.82, 2.24) is 5.32 Å². The van der Waals surface area contributed by atoms with Crippen molar-refractivity contribution in [3.05, 3.63) is 23.8 Å². The Balaban J connectivity index is 2.85. The van der Waals surface area contributed by atoms with Gasteiger partial charge in [0.15, 0.2) is 11.5 Å². The molecular formula is C14H19NO4. The van der Waals surface area contributed by atoms with Gasteiger partial charge in [-0.25, -0.2) is 0 Å². The maximum absolute atomic E-state index is 11.9. The first kappa shape index (κ1) is 15.0. The zero-order valence-electron chi connectivity index (χ0n) is 11.6. The molecule has 0 unspecified atom stereocenters. The van der Waals surface area contributed by atoms with E-state index in [2.05, 4.69) is 5.32 Å². The molecule has 5 heteroatoms. The fourth-order valence-electron chi connectivity index (χ4n) is 1.49. The number of rotatable bonds is 6. The minimum Gasteiger partial charge on any atom is -0.493 e. The Labute approximate surface area is 112 Å². The summed E-state index contributed by atoms with van der Waals surface area (Å²) in [5.74, 6) is 0.0383. The third-order valence-electron chi connectivity index (χ3n) is 2.52. The number of ether oxygens (including phenoxy) is 2. The fourth-order valence-corrected chi connectivity index (χ4v) is 1.49. The van der Waals surface area contributed by atoms with Crippen molar-refractivity contribution in [2.45, 2.75) is 13.8 Å². The monoisotopic (exact) mass is 265 g/mol. The Morgan fingerprint density at radius 1 is 1.16 bits per heavy atom. The third-order valence-corrected chi connectivity index (χ3v) is 2.52. The van der Waals surface area contributed by atoms with Crippen LogP contribution in [0.15, 0.2) is 18.2 Å². The van der Waals surface area contributed by atoms with Crippen LogP contribution in [0, 0.1) is 5.92 Å². The van der Waals surface area contributed by atoms with Crippen LogP contribution in [0.4, 0.5) is 0 Å². The van der Waals surface area contributed by atoms with Gasteiger partial charge in [-0.1, -0.05) is 13.8 Å². The number of nitrogens with one attached hydrogen (secondary N) is 1. The molecule has 0 heterocycles. The average Bonchev–Trinajstić information content (AvgIpc) is 2.42. The molecule has 0 aliphatic carbocycles. The summed E-state index contributed by atoms with van der Waals surface area (Å²) in [5.41, 5.74) is 0.277. The molecule has 1 aromatic rings. The van der Waals surface area contributed by atoms with E-state index in [0.29, 0.717) is 24.0 Å². The quantitative estimate of drug-likeness (QED) is 0.627. The van der Waals surface area contributed by atoms with Gasteiger partial charge in [-0.15, -0.1) is 0 Å². The van der Waals surface area contributed by atoms with E-state index >= 15 is 0 Å². The minimum atomic E-state index is -0.610. The predicted molar refractivity (Wildman–Crippen MR) is 71.7 cm³/mol. The van der Waals surface area contributed by atoms with Gasteiger partial charge < -0.3 is 14.8 Å². The standard InChI is InChI=1S/C14H19NO4/c1-9(2)8-15-14(17)13(16)10-5-6-11(18-3)12(7-10)19-4/h5-7,9H,8H2,1-4H3,(H,15,17). The zero-order chi connectivity index (χ0) is 14.4. The number of benzene rings is 1. The van der Waals surface area contributed by atoms with Crippen LogP contribution in [0.3, 0.4) is 0 Å². The lowest BCUT2D eigenvalue weighted by atomic mass is 10.1. The van der Waals surface area contributed by atoms with Crippen LogP contribution in [-0.2, 0) is 4.79 Å². The number of hydrogen-bond donors (Lipinski definition) is 1. The summed E-state index contributed by atoms with van der Waals surface area (Å²) < 4.78 is 10.2. The lowest BCUT2D eigenvalue weighted by Gasteiger charge is -2.10. The molecule has 1 N–H and O–H groups in total. The lowest BCUT2D eigenvalue weighted by Crippen LogP contribution is -2.33. The molecule has 19 heavy (non-hydrogen) atoms. The molecule has 0 fully saturated rings. The van der Waals surface area contributed by atoms with Crippen molar-refractivity contribution in [1.29, 1.82) is 0 Å². The minimum absolute atomic E-state index is 0.277. The van der Waals surface area contributed by atoms with Crippen molar-refractivity contribution in [2.24, 2.45) is 5.92 Å². The van der Waals surface area contributed by atoms with E-state index in [1.165, 1.54) is 20.3 Å². The van der Waals surface area contributed by atoms with Crippen LogP contribution in [0.25, 0.3) is 0 Å². The third kappa shape index (κ3) is 3.98. The molecule has 0 bridgehead atoms. The maximum atomic E-state index is 11.9. The van der Waals surface area contributed by atoms with Crippen molar-refractivity contribution < 1.29 is 19.1 Å². The van der Waals surface area contributed by atoms with E-state index in [1.807, 2.05) is 13.8 Å². The van der Waals surface area contributed by atoms with Crippen LogP contribution in [0.2, 0.25) is 0 Å². The first-order chi connectivity index (χ1) is 8.99. The zero-order valence-corrected chi connectivity index (χ0v) is 11.6. The Morgan fingerprint density at radius 3 is 2.32 bits per heavy atom. The molecule has 0 spiro atoms. The van der Waals surface area contributed by atoms with Crippen LogP contribution < -0.4 is 14.8 Å². The molecule has 1 amide bonds. The summed E-state index contributed by atoms with van der Waals surface area (Å²) in [6.45, 7) is 4.39. The fraction of sp³-hybridized carbons (Fsp3) is 0.429. The van der Waals surface area contributed by atoms with Gasteiger partial charge in [0.05, 0.1) is 14.2 Å². The molecule has 0 aliphatic rings. The Kier molecular flexibility index (Phi) is 5.36. The smallest absolute Gasteiger partial charge is 0.292 e. The largest absolute Gasteiger partial charge is 0.493 e. The second-order valence-electron chi connectivity index (χ2n) is 4.50. The summed E-state index contributed by atoms with van der Waals surface area (Å²) in [6.07, 6.45) is 0. The Morgan fingerprint density at radius 2 is 1.79 bits per heavy atom. The van der Waals surface area contributed by atoms with E-state index in [4.69, 9.17) is 9.47 Å². The van der Waals surface area contributed by atoms with Gasteiger partial charge in [0.25, 0.3) is 5.91 Å². The van der Waals surface area contributed by atoms with Gasteiger partial charge in [0.1, 0.15) is 0 Å². The number of amides is 1. The van der Waals surface area contributed by atoms with E-state index in [-0.39, 0.29) is 5.56 Å². The molecule has 0 atom stereocenters. The topological polar surface area (TPSA) is 64.6 Å². The normalized spacial score (nSPS) is 10.2. The van der Waals surface area contributed by atoms with Crippen LogP contribution >= 0.6 is 0 Å². The summed E-state index contributed by atoms with van der Waals surface area (Å²) in [5, 5.41) is 2.59. The number of hydrogen-bond acceptors (Lipinski definition) is 4. The van der Waals surface area contributed by atoms with Gasteiger partial charge in [0, 0.05) is 12.1 Å². The Hall–Kier alpha value is -2.04. The van der Waals surface area contributed by atoms with Gasteiger partial charge >= 0.3 is 0 Å². The molecule has 5 nitrogen and oxygen atoms in total. The van der Waals surface area contributed by atoms with Crippen LogP contribution in [0.1, 0.15) is 24.2 Å². The summed E-state index contributed by atoms with van der Waals surface area (Å²) in [7, 11) is 2.99. The summed E-state index contributed by atoms with van der Waals surface area (Å²) >= 11 is 0. The second-order valence-corrected chi connectivity index (χ2v) is 4.50. The number of Topliss-reactive ketones (excluding diaryl/α,β-unsaturated/α-hetero) is 1. The summed E-state index contributed by atoms with van der Waals surface area (Å²) in [4.78, 5) is 23.6. The van der Waals surface area contributed by atoms with Crippen molar-refractivity contribution in [2.75, 3.05) is 20.8 Å². The maximum Gasteiger partial charge on any atom is 0.292 e. The highest BCUT2D eigenvalue weighted by atomic mass is 16.5. The number of carbonyl (C=O) groups excluding carboxylic acids is 2. The van der Waals surface area contributed by atoms with Crippen LogP contribution in [-0.4, -0.2) is 32.5 Å². The van der Waals surface area contributed by atoms with Crippen LogP contribution in [0.5, 0.6) is 11.5 Å². The van der Waals surface area contributed by atoms with Crippen molar-refractivity contribution in [3.63, 3.8) is 0 Å². The first-order valence-electron chi connectivity index (χ1n) is 6.04. The molecule has 0 saturated carbocycles.